The summed E-state index contributed by atoms with van der Waals surface area (Å²) in [6.45, 7) is 0. The van der Waals surface area contributed by atoms with E-state index in [9.17, 15) is 4.39 Å². The Bertz CT molecular complexity index is 313. The normalized spacial score (nSPS) is 27.2. The van der Waals surface area contributed by atoms with Gasteiger partial charge in [-0.3, -0.25) is 0 Å². The maximum atomic E-state index is 12.8. The average Bonchev–Trinajstić information content (AvgIpc) is 2.73. The first-order valence-corrected chi connectivity index (χ1v) is 4.68. The van der Waals surface area contributed by atoms with Crippen molar-refractivity contribution in [3.63, 3.8) is 0 Å². The van der Waals surface area contributed by atoms with Gasteiger partial charge in [0.25, 0.3) is 0 Å². The lowest BCUT2D eigenvalue weighted by molar-refractivity contribution is 0.625. The molecule has 2 atom stereocenters. The molecule has 0 saturated heterocycles. The van der Waals surface area contributed by atoms with Crippen LogP contribution in [0.25, 0.3) is 0 Å². The summed E-state index contributed by atoms with van der Waals surface area (Å²) in [5.74, 6) is 0.169. The molecule has 0 amide bonds. The van der Waals surface area contributed by atoms with Crippen LogP contribution in [0.1, 0.15) is 17.9 Å². The fourth-order valence-electron chi connectivity index (χ4n) is 1.37. The molecular weight excluding hydrogens is 221 g/mol. The molecule has 3 heteroatoms. The van der Waals surface area contributed by atoms with E-state index in [4.69, 9.17) is 5.73 Å². The van der Waals surface area contributed by atoms with Gasteiger partial charge in [0.1, 0.15) is 5.82 Å². The second-order valence-corrected chi connectivity index (χ2v) is 4.03. The maximum Gasteiger partial charge on any atom is 0.123 e. The molecule has 64 valence electrons. The molecule has 0 bridgehead atoms. The number of hydrogen-bond acceptors (Lipinski definition) is 1. The van der Waals surface area contributed by atoms with Crippen molar-refractivity contribution in [2.24, 2.45) is 5.73 Å². The summed E-state index contributed by atoms with van der Waals surface area (Å²) in [6.07, 6.45) is 0.974. The lowest BCUT2D eigenvalue weighted by Crippen LogP contribution is -2.01. The van der Waals surface area contributed by atoms with E-state index in [1.165, 1.54) is 6.07 Å². The summed E-state index contributed by atoms with van der Waals surface area (Å²) in [4.78, 5) is 0. The van der Waals surface area contributed by atoms with Gasteiger partial charge in [-0.1, -0.05) is 15.9 Å². The van der Waals surface area contributed by atoms with Gasteiger partial charge in [-0.25, -0.2) is 4.39 Å². The highest BCUT2D eigenvalue weighted by Crippen LogP contribution is 2.42. The van der Waals surface area contributed by atoms with Crippen LogP contribution >= 0.6 is 15.9 Å². The molecule has 1 saturated carbocycles. The van der Waals surface area contributed by atoms with Gasteiger partial charge in [0.05, 0.1) is 0 Å². The molecule has 0 aliphatic heterocycles. The van der Waals surface area contributed by atoms with Gasteiger partial charge in [0.2, 0.25) is 0 Å². The van der Waals surface area contributed by atoms with Gasteiger partial charge in [0, 0.05) is 16.4 Å². The third-order valence-corrected chi connectivity index (χ3v) is 2.92. The van der Waals surface area contributed by atoms with E-state index in [-0.39, 0.29) is 11.9 Å². The zero-order valence-corrected chi connectivity index (χ0v) is 8.01. The van der Waals surface area contributed by atoms with Crippen molar-refractivity contribution < 1.29 is 4.39 Å². The Morgan fingerprint density at radius 2 is 2.17 bits per heavy atom. The van der Waals surface area contributed by atoms with Gasteiger partial charge in [-0.15, -0.1) is 0 Å². The van der Waals surface area contributed by atoms with Crippen LogP contribution in [0.4, 0.5) is 4.39 Å². The highest BCUT2D eigenvalue weighted by Gasteiger charge is 2.36. The molecule has 0 radical (unpaired) electrons. The smallest absolute Gasteiger partial charge is 0.123 e. The predicted octanol–water partition coefficient (Wildman–Crippen LogP) is 2.40. The molecule has 0 heterocycles. The standard InChI is InChI=1S/C9H9BrFN/c10-8-2-1-5(11)3-6(8)7-4-9(7)12/h1-3,7,9H,4,12H2. The van der Waals surface area contributed by atoms with Gasteiger partial charge < -0.3 is 5.73 Å². The molecule has 1 nitrogen and oxygen atoms in total. The van der Waals surface area contributed by atoms with Crippen molar-refractivity contribution >= 4 is 15.9 Å². The SMILES string of the molecule is NC1CC1c1cc(F)ccc1Br. The van der Waals surface area contributed by atoms with Crippen LogP contribution in [-0.2, 0) is 0 Å². The van der Waals surface area contributed by atoms with E-state index in [0.717, 1.165) is 16.5 Å². The molecule has 2 rings (SSSR count). The van der Waals surface area contributed by atoms with Crippen LogP contribution in [0.2, 0.25) is 0 Å². The van der Waals surface area contributed by atoms with Crippen molar-refractivity contribution in [1.29, 1.82) is 0 Å². The number of hydrogen-bond donors (Lipinski definition) is 1. The van der Waals surface area contributed by atoms with Crippen molar-refractivity contribution in [3.05, 3.63) is 34.1 Å². The first-order chi connectivity index (χ1) is 5.68. The summed E-state index contributed by atoms with van der Waals surface area (Å²) in [5.41, 5.74) is 6.68. The number of nitrogens with two attached hydrogens (primary N) is 1. The molecule has 1 fully saturated rings. The first kappa shape index (κ1) is 8.20. The summed E-state index contributed by atoms with van der Waals surface area (Å²) < 4.78 is 13.8. The first-order valence-electron chi connectivity index (χ1n) is 3.89. The zero-order valence-electron chi connectivity index (χ0n) is 6.43. The molecule has 0 spiro atoms. The van der Waals surface area contributed by atoms with E-state index in [0.29, 0.717) is 5.92 Å². The quantitative estimate of drug-likeness (QED) is 0.787. The van der Waals surface area contributed by atoms with E-state index in [2.05, 4.69) is 15.9 Å². The van der Waals surface area contributed by atoms with E-state index in [1.54, 1.807) is 12.1 Å². The molecule has 1 aliphatic carbocycles. The van der Waals surface area contributed by atoms with Crippen LogP contribution in [0.15, 0.2) is 22.7 Å². The van der Waals surface area contributed by atoms with Crippen LogP contribution in [0.5, 0.6) is 0 Å². The third-order valence-electron chi connectivity index (χ3n) is 2.20. The second kappa shape index (κ2) is 2.82. The summed E-state index contributed by atoms with van der Waals surface area (Å²) in [7, 11) is 0. The van der Waals surface area contributed by atoms with Crippen LogP contribution in [-0.4, -0.2) is 6.04 Å². The number of benzene rings is 1. The minimum atomic E-state index is -0.188. The maximum absolute atomic E-state index is 12.8. The Hall–Kier alpha value is -0.410. The molecule has 2 unspecified atom stereocenters. The summed E-state index contributed by atoms with van der Waals surface area (Å²) >= 11 is 3.38. The highest BCUT2D eigenvalue weighted by atomic mass is 79.9. The van der Waals surface area contributed by atoms with Crippen molar-refractivity contribution in [1.82, 2.24) is 0 Å². The second-order valence-electron chi connectivity index (χ2n) is 3.17. The molecule has 2 N–H and O–H groups in total. The van der Waals surface area contributed by atoms with Crippen molar-refractivity contribution in [3.8, 4) is 0 Å². The van der Waals surface area contributed by atoms with Crippen molar-refractivity contribution in [2.45, 2.75) is 18.4 Å². The number of halogens is 2. The van der Waals surface area contributed by atoms with Gasteiger partial charge in [-0.05, 0) is 30.2 Å². The minimum absolute atomic E-state index is 0.188. The van der Waals surface area contributed by atoms with E-state index >= 15 is 0 Å². The van der Waals surface area contributed by atoms with E-state index < -0.39 is 0 Å². The number of rotatable bonds is 1. The van der Waals surface area contributed by atoms with Crippen LogP contribution < -0.4 is 5.73 Å². The topological polar surface area (TPSA) is 26.0 Å². The molecule has 0 aromatic heterocycles. The molecule has 12 heavy (non-hydrogen) atoms. The fourth-order valence-corrected chi connectivity index (χ4v) is 1.91. The monoisotopic (exact) mass is 229 g/mol. The van der Waals surface area contributed by atoms with Gasteiger partial charge in [0.15, 0.2) is 0 Å². The largest absolute Gasteiger partial charge is 0.327 e. The summed E-state index contributed by atoms with van der Waals surface area (Å²) in [5, 5.41) is 0. The lowest BCUT2D eigenvalue weighted by Gasteiger charge is -2.01. The van der Waals surface area contributed by atoms with Crippen LogP contribution in [0, 0.1) is 5.82 Å². The Morgan fingerprint density at radius 3 is 2.75 bits per heavy atom. The Kier molecular flexibility index (Phi) is 1.93. The van der Waals surface area contributed by atoms with E-state index in [1.807, 2.05) is 0 Å². The Morgan fingerprint density at radius 1 is 1.50 bits per heavy atom. The highest BCUT2D eigenvalue weighted by molar-refractivity contribution is 9.10. The molecule has 1 aromatic carbocycles. The van der Waals surface area contributed by atoms with Crippen LogP contribution in [0.3, 0.4) is 0 Å². The Balaban J connectivity index is 2.36. The Labute approximate surface area is 78.9 Å². The van der Waals surface area contributed by atoms with Gasteiger partial charge in [-0.2, -0.15) is 0 Å². The molecule has 1 aliphatic rings. The fraction of sp³-hybridized carbons (Fsp3) is 0.333. The molecular formula is C9H9BrFN. The average molecular weight is 230 g/mol. The van der Waals surface area contributed by atoms with Crippen molar-refractivity contribution in [2.75, 3.05) is 0 Å². The van der Waals surface area contributed by atoms with Gasteiger partial charge >= 0.3 is 0 Å². The predicted molar refractivity (Wildman–Crippen MR) is 49.4 cm³/mol. The molecule has 1 aromatic rings. The minimum Gasteiger partial charge on any atom is -0.327 e. The third kappa shape index (κ3) is 1.39. The zero-order chi connectivity index (χ0) is 8.72. The summed E-state index contributed by atoms with van der Waals surface area (Å²) in [6, 6.07) is 4.96. The lowest BCUT2D eigenvalue weighted by atomic mass is 10.1.